The van der Waals surface area contributed by atoms with Gasteiger partial charge < -0.3 is 9.64 Å². The first-order valence-electron chi connectivity index (χ1n) is 8.68. The van der Waals surface area contributed by atoms with E-state index in [4.69, 9.17) is 27.9 Å². The second-order valence-electron chi connectivity index (χ2n) is 7.35. The van der Waals surface area contributed by atoms with Gasteiger partial charge in [0.1, 0.15) is 23.1 Å². The summed E-state index contributed by atoms with van der Waals surface area (Å²) < 4.78 is 5.71. The smallest absolute Gasteiger partial charge is 0.272 e. The SMILES string of the molecule is CC1(C)CCCN(C(=O)c2cccc(COc3cccc(Cl)c3Cl)n2)C1. The largest absolute Gasteiger partial charge is 0.486 e. The lowest BCUT2D eigenvalue weighted by Gasteiger charge is -2.37. The van der Waals surface area contributed by atoms with Crippen molar-refractivity contribution in [3.05, 3.63) is 57.8 Å². The molecule has 2 heterocycles. The van der Waals surface area contributed by atoms with Crippen LogP contribution in [0.2, 0.25) is 10.0 Å². The van der Waals surface area contributed by atoms with E-state index < -0.39 is 0 Å². The van der Waals surface area contributed by atoms with E-state index in [2.05, 4.69) is 18.8 Å². The van der Waals surface area contributed by atoms with E-state index in [1.54, 1.807) is 24.3 Å². The number of pyridine rings is 1. The lowest BCUT2D eigenvalue weighted by molar-refractivity contribution is 0.0577. The van der Waals surface area contributed by atoms with Crippen LogP contribution in [0.5, 0.6) is 5.75 Å². The Labute approximate surface area is 164 Å². The van der Waals surface area contributed by atoms with Crippen LogP contribution in [-0.4, -0.2) is 28.9 Å². The summed E-state index contributed by atoms with van der Waals surface area (Å²) in [5, 5.41) is 0.811. The summed E-state index contributed by atoms with van der Waals surface area (Å²) in [6.07, 6.45) is 2.16. The van der Waals surface area contributed by atoms with Crippen molar-refractivity contribution in [1.29, 1.82) is 0 Å². The van der Waals surface area contributed by atoms with Gasteiger partial charge in [0.25, 0.3) is 5.91 Å². The van der Waals surface area contributed by atoms with Gasteiger partial charge in [0.15, 0.2) is 0 Å². The Morgan fingerprint density at radius 2 is 2.00 bits per heavy atom. The molecule has 1 aromatic carbocycles. The molecule has 0 N–H and O–H groups in total. The number of rotatable bonds is 4. The fraction of sp³-hybridized carbons (Fsp3) is 0.400. The molecule has 0 aliphatic carbocycles. The number of aromatic nitrogens is 1. The number of hydrogen-bond acceptors (Lipinski definition) is 3. The molecule has 1 saturated heterocycles. The standard InChI is InChI=1S/C20H22Cl2N2O2/c1-20(2)10-5-11-24(13-20)19(25)16-8-3-6-14(23-16)12-26-17-9-4-7-15(21)18(17)22/h3-4,6-9H,5,10-13H2,1-2H3. The van der Waals surface area contributed by atoms with Gasteiger partial charge in [-0.1, -0.05) is 49.2 Å². The molecule has 0 saturated carbocycles. The van der Waals surface area contributed by atoms with Crippen LogP contribution in [0.4, 0.5) is 0 Å². The van der Waals surface area contributed by atoms with Gasteiger partial charge in [-0.05, 0) is 42.5 Å². The first-order valence-corrected chi connectivity index (χ1v) is 9.43. The highest BCUT2D eigenvalue weighted by molar-refractivity contribution is 6.42. The highest BCUT2D eigenvalue weighted by Gasteiger charge is 2.30. The number of carbonyl (C=O) groups excluding carboxylic acids is 1. The zero-order valence-electron chi connectivity index (χ0n) is 15.0. The average Bonchev–Trinajstić information content (AvgIpc) is 2.62. The Morgan fingerprint density at radius 1 is 1.23 bits per heavy atom. The van der Waals surface area contributed by atoms with Gasteiger partial charge in [-0.3, -0.25) is 4.79 Å². The van der Waals surface area contributed by atoms with Crippen molar-refractivity contribution < 1.29 is 9.53 Å². The van der Waals surface area contributed by atoms with Gasteiger partial charge in [-0.25, -0.2) is 4.98 Å². The Bertz CT molecular complexity index is 808. The normalized spacial score (nSPS) is 16.4. The predicted molar refractivity (Wildman–Crippen MR) is 104 cm³/mol. The van der Waals surface area contributed by atoms with Crippen LogP contribution in [0, 0.1) is 5.41 Å². The fourth-order valence-electron chi connectivity index (χ4n) is 3.18. The lowest BCUT2D eigenvalue weighted by atomic mass is 9.84. The van der Waals surface area contributed by atoms with E-state index in [1.807, 2.05) is 17.0 Å². The molecule has 2 aromatic rings. The molecule has 26 heavy (non-hydrogen) atoms. The van der Waals surface area contributed by atoms with Crippen LogP contribution >= 0.6 is 23.2 Å². The quantitative estimate of drug-likeness (QED) is 0.715. The molecule has 0 spiro atoms. The maximum absolute atomic E-state index is 12.8. The van der Waals surface area contributed by atoms with Crippen LogP contribution in [0.25, 0.3) is 0 Å². The van der Waals surface area contributed by atoms with Crippen LogP contribution in [-0.2, 0) is 6.61 Å². The third kappa shape index (κ3) is 4.49. The molecule has 1 aliphatic heterocycles. The summed E-state index contributed by atoms with van der Waals surface area (Å²) in [6.45, 7) is 6.14. The fourth-order valence-corrected chi connectivity index (χ4v) is 3.53. The van der Waals surface area contributed by atoms with Gasteiger partial charge in [0, 0.05) is 13.1 Å². The minimum absolute atomic E-state index is 0.0274. The number of amides is 1. The number of likely N-dealkylation sites (tertiary alicyclic amines) is 1. The topological polar surface area (TPSA) is 42.4 Å². The second-order valence-corrected chi connectivity index (χ2v) is 8.13. The number of piperidine rings is 1. The van der Waals surface area contributed by atoms with Crippen LogP contribution in [0.15, 0.2) is 36.4 Å². The molecule has 1 aromatic heterocycles. The summed E-state index contributed by atoms with van der Waals surface area (Å²) in [4.78, 5) is 19.2. The maximum Gasteiger partial charge on any atom is 0.272 e. The van der Waals surface area contributed by atoms with Gasteiger partial charge >= 0.3 is 0 Å². The summed E-state index contributed by atoms with van der Waals surface area (Å²) in [5.74, 6) is 0.468. The number of benzene rings is 1. The van der Waals surface area contributed by atoms with E-state index >= 15 is 0 Å². The number of halogens is 2. The highest BCUT2D eigenvalue weighted by Crippen LogP contribution is 2.32. The van der Waals surface area contributed by atoms with Crippen molar-refractivity contribution >= 4 is 29.1 Å². The van der Waals surface area contributed by atoms with Gasteiger partial charge in [-0.2, -0.15) is 0 Å². The zero-order valence-corrected chi connectivity index (χ0v) is 16.5. The molecule has 1 aliphatic rings. The molecule has 0 bridgehead atoms. The van der Waals surface area contributed by atoms with Gasteiger partial charge in [0.2, 0.25) is 0 Å². The second kappa shape index (κ2) is 7.85. The summed E-state index contributed by atoms with van der Waals surface area (Å²) in [7, 11) is 0. The molecule has 1 fully saturated rings. The Kier molecular flexibility index (Phi) is 5.73. The molecule has 0 atom stereocenters. The van der Waals surface area contributed by atoms with Crippen molar-refractivity contribution in [2.45, 2.75) is 33.3 Å². The van der Waals surface area contributed by atoms with Crippen LogP contribution < -0.4 is 4.74 Å². The third-order valence-corrected chi connectivity index (χ3v) is 5.31. The van der Waals surface area contributed by atoms with E-state index in [1.165, 1.54) is 0 Å². The van der Waals surface area contributed by atoms with Gasteiger partial charge in [0.05, 0.1) is 10.7 Å². The van der Waals surface area contributed by atoms with Crippen molar-refractivity contribution in [2.75, 3.05) is 13.1 Å². The van der Waals surface area contributed by atoms with Crippen LogP contribution in [0.1, 0.15) is 42.9 Å². The van der Waals surface area contributed by atoms with E-state index in [-0.39, 0.29) is 17.9 Å². The Hall–Kier alpha value is -1.78. The molecule has 4 nitrogen and oxygen atoms in total. The monoisotopic (exact) mass is 392 g/mol. The number of nitrogens with zero attached hydrogens (tertiary/aromatic N) is 2. The molecule has 3 rings (SSSR count). The summed E-state index contributed by atoms with van der Waals surface area (Å²) in [5.41, 5.74) is 1.27. The Balaban J connectivity index is 1.70. The number of hydrogen-bond donors (Lipinski definition) is 0. The number of carbonyl (C=O) groups is 1. The number of ether oxygens (including phenoxy) is 1. The summed E-state index contributed by atoms with van der Waals surface area (Å²) in [6, 6.07) is 10.6. The van der Waals surface area contributed by atoms with E-state index in [0.29, 0.717) is 27.2 Å². The average molecular weight is 393 g/mol. The van der Waals surface area contributed by atoms with Gasteiger partial charge in [-0.15, -0.1) is 0 Å². The molecule has 6 heteroatoms. The van der Waals surface area contributed by atoms with E-state index in [9.17, 15) is 4.79 Å². The van der Waals surface area contributed by atoms with Crippen molar-refractivity contribution in [2.24, 2.45) is 5.41 Å². The molecular formula is C20H22Cl2N2O2. The third-order valence-electron chi connectivity index (χ3n) is 4.51. The summed E-state index contributed by atoms with van der Waals surface area (Å²) >= 11 is 12.1. The van der Waals surface area contributed by atoms with Crippen molar-refractivity contribution in [3.63, 3.8) is 0 Å². The molecular weight excluding hydrogens is 371 g/mol. The zero-order chi connectivity index (χ0) is 18.7. The molecule has 0 radical (unpaired) electrons. The molecule has 0 unspecified atom stereocenters. The van der Waals surface area contributed by atoms with E-state index in [0.717, 1.165) is 25.9 Å². The first kappa shape index (κ1) is 19.0. The highest BCUT2D eigenvalue weighted by atomic mass is 35.5. The van der Waals surface area contributed by atoms with Crippen LogP contribution in [0.3, 0.4) is 0 Å². The maximum atomic E-state index is 12.8. The molecule has 138 valence electrons. The minimum atomic E-state index is -0.0274. The minimum Gasteiger partial charge on any atom is -0.486 e. The van der Waals surface area contributed by atoms with Crippen molar-refractivity contribution in [3.8, 4) is 5.75 Å². The predicted octanol–water partition coefficient (Wildman–Crippen LogP) is 5.23. The lowest BCUT2D eigenvalue weighted by Crippen LogP contribution is -2.43. The first-order chi connectivity index (χ1) is 12.4. The Morgan fingerprint density at radius 3 is 2.77 bits per heavy atom. The molecule has 1 amide bonds. The van der Waals surface area contributed by atoms with Crippen molar-refractivity contribution in [1.82, 2.24) is 9.88 Å².